The van der Waals surface area contributed by atoms with Crippen LogP contribution in [0.4, 0.5) is 0 Å². The maximum atomic E-state index is 11.0. The fraction of sp³-hybridized carbons (Fsp3) is 0.440. The molecule has 1 unspecified atom stereocenters. The lowest BCUT2D eigenvalue weighted by molar-refractivity contribution is 0.119. The van der Waals surface area contributed by atoms with Crippen LogP contribution >= 0.6 is 0 Å². The Kier molecular flexibility index (Phi) is 5.28. The van der Waals surface area contributed by atoms with Crippen LogP contribution in [0.1, 0.15) is 17.2 Å². The number of benzene rings is 2. The van der Waals surface area contributed by atoms with Crippen LogP contribution in [0.15, 0.2) is 42.6 Å². The van der Waals surface area contributed by atoms with E-state index in [0.29, 0.717) is 49.0 Å². The minimum Gasteiger partial charge on any atom is -0.486 e. The van der Waals surface area contributed by atoms with E-state index >= 15 is 0 Å². The zero-order valence-corrected chi connectivity index (χ0v) is 18.6. The molecule has 1 saturated heterocycles. The molecule has 1 aromatic heterocycles. The number of aliphatic hydroxyl groups excluding tert-OH is 1. The molecule has 1 aliphatic carbocycles. The molecule has 0 bridgehead atoms. The van der Waals surface area contributed by atoms with Gasteiger partial charge in [0.2, 0.25) is 5.88 Å². The number of hydrogen-bond donors (Lipinski definition) is 2. The zero-order chi connectivity index (χ0) is 22.4. The van der Waals surface area contributed by atoms with Gasteiger partial charge in [-0.25, -0.2) is 9.97 Å². The first-order valence-electron chi connectivity index (χ1n) is 11.5. The summed E-state index contributed by atoms with van der Waals surface area (Å²) in [6, 6.07) is 12.5. The van der Waals surface area contributed by atoms with Gasteiger partial charge in [0.1, 0.15) is 13.2 Å². The summed E-state index contributed by atoms with van der Waals surface area (Å²) in [5, 5.41) is 14.7. The first-order chi connectivity index (χ1) is 16.2. The minimum atomic E-state index is -0.614. The van der Waals surface area contributed by atoms with Crippen LogP contribution in [0.5, 0.6) is 17.4 Å². The van der Waals surface area contributed by atoms with Gasteiger partial charge in [0.25, 0.3) is 0 Å². The summed E-state index contributed by atoms with van der Waals surface area (Å²) in [6.45, 7) is 4.65. The highest BCUT2D eigenvalue weighted by molar-refractivity contribution is 5.78. The molecule has 4 atom stereocenters. The van der Waals surface area contributed by atoms with Crippen LogP contribution in [-0.2, 0) is 6.54 Å². The van der Waals surface area contributed by atoms with Gasteiger partial charge in [-0.15, -0.1) is 0 Å². The Morgan fingerprint density at radius 1 is 1.15 bits per heavy atom. The lowest BCUT2D eigenvalue weighted by atomic mass is 10.1. The lowest BCUT2D eigenvalue weighted by Crippen LogP contribution is -2.33. The number of rotatable bonds is 7. The van der Waals surface area contributed by atoms with E-state index < -0.39 is 6.10 Å². The molecule has 172 valence electrons. The molecule has 2 aromatic carbocycles. The highest BCUT2D eigenvalue weighted by atomic mass is 16.6. The second-order valence-electron chi connectivity index (χ2n) is 9.07. The summed E-state index contributed by atoms with van der Waals surface area (Å²) in [7, 11) is 1.57. The largest absolute Gasteiger partial charge is 0.486 e. The van der Waals surface area contributed by atoms with Gasteiger partial charge >= 0.3 is 0 Å². The Hall–Kier alpha value is -2.94. The van der Waals surface area contributed by atoms with Crippen LogP contribution < -0.4 is 19.5 Å². The monoisotopic (exact) mass is 448 g/mol. The second-order valence-corrected chi connectivity index (χ2v) is 9.07. The molecule has 3 aromatic rings. The molecule has 0 amide bonds. The van der Waals surface area contributed by atoms with Crippen LogP contribution in [0.25, 0.3) is 11.0 Å². The van der Waals surface area contributed by atoms with Crippen molar-refractivity contribution in [2.24, 2.45) is 11.8 Å². The summed E-state index contributed by atoms with van der Waals surface area (Å²) in [5.41, 5.74) is 3.48. The van der Waals surface area contributed by atoms with E-state index in [-0.39, 0.29) is 0 Å². The fourth-order valence-corrected chi connectivity index (χ4v) is 5.25. The third kappa shape index (κ3) is 3.99. The van der Waals surface area contributed by atoms with E-state index in [0.717, 1.165) is 42.2 Å². The number of fused-ring (bicyclic) bond motifs is 3. The standard InChI is InChI=1S/C25H28N4O4/c1-31-23-11-26-19-4-2-3-16(25(19)28-23)20(30)14-29-12-17-18(13-29)24(17)27-10-15-5-6-21-22(9-15)33-8-7-32-21/h2-6,9,11,17-18,20,24,27,30H,7-8,10,12-14H2,1H3/t17-,18+,20?,24+. The van der Waals surface area contributed by atoms with Crippen molar-refractivity contribution in [1.82, 2.24) is 20.2 Å². The van der Waals surface area contributed by atoms with Crippen molar-refractivity contribution in [3.8, 4) is 17.4 Å². The molecule has 3 heterocycles. The molecule has 1 saturated carbocycles. The second kappa shape index (κ2) is 8.44. The highest BCUT2D eigenvalue weighted by Gasteiger charge is 2.55. The predicted molar refractivity (Wildman–Crippen MR) is 123 cm³/mol. The first-order valence-corrected chi connectivity index (χ1v) is 11.5. The van der Waals surface area contributed by atoms with Crippen molar-refractivity contribution in [2.75, 3.05) is 40.0 Å². The number of piperidine rings is 1. The average molecular weight is 449 g/mol. The summed E-state index contributed by atoms with van der Waals surface area (Å²) in [6.07, 6.45) is 0.988. The molecule has 8 heteroatoms. The number of hydrogen-bond acceptors (Lipinski definition) is 8. The Morgan fingerprint density at radius 2 is 1.97 bits per heavy atom. The van der Waals surface area contributed by atoms with Gasteiger partial charge in [-0.1, -0.05) is 18.2 Å². The van der Waals surface area contributed by atoms with E-state index in [1.54, 1.807) is 13.3 Å². The van der Waals surface area contributed by atoms with Crippen molar-refractivity contribution in [2.45, 2.75) is 18.7 Å². The van der Waals surface area contributed by atoms with Gasteiger partial charge in [0, 0.05) is 37.8 Å². The number of aromatic nitrogens is 2. The van der Waals surface area contributed by atoms with Gasteiger partial charge in [-0.2, -0.15) is 0 Å². The molecule has 0 spiro atoms. The van der Waals surface area contributed by atoms with Crippen LogP contribution in [0.3, 0.4) is 0 Å². The van der Waals surface area contributed by atoms with Gasteiger partial charge in [0.05, 0.1) is 30.4 Å². The molecule has 8 nitrogen and oxygen atoms in total. The van der Waals surface area contributed by atoms with Crippen molar-refractivity contribution < 1.29 is 19.3 Å². The molecule has 2 aliphatic heterocycles. The van der Waals surface area contributed by atoms with Gasteiger partial charge < -0.3 is 24.6 Å². The van der Waals surface area contributed by atoms with Crippen LogP contribution in [0, 0.1) is 11.8 Å². The molecule has 0 radical (unpaired) electrons. The molecule has 6 rings (SSSR count). The Labute approximate surface area is 192 Å². The number of ether oxygens (including phenoxy) is 3. The molecule has 2 N–H and O–H groups in total. The number of β-amino-alcohol motifs (C(OH)–C–C–N with tert-alkyl or cyclic N) is 1. The summed E-state index contributed by atoms with van der Waals surface area (Å²) in [5.74, 6) is 3.41. The summed E-state index contributed by atoms with van der Waals surface area (Å²) < 4.78 is 16.5. The van der Waals surface area contributed by atoms with Crippen molar-refractivity contribution in [1.29, 1.82) is 0 Å². The topological polar surface area (TPSA) is 89.0 Å². The number of aliphatic hydroxyl groups is 1. The number of nitrogens with zero attached hydrogens (tertiary/aromatic N) is 3. The SMILES string of the molecule is COc1cnc2cccc(C(O)CN3C[C@@H]4[C@H](C3)[C@H]4NCc3ccc4c(c3)OCCO4)c2n1. The lowest BCUT2D eigenvalue weighted by Gasteiger charge is -2.23. The van der Waals surface area contributed by atoms with Crippen molar-refractivity contribution in [3.63, 3.8) is 0 Å². The molecular weight excluding hydrogens is 420 g/mol. The van der Waals surface area contributed by atoms with E-state index in [1.807, 2.05) is 24.3 Å². The van der Waals surface area contributed by atoms with E-state index in [9.17, 15) is 5.11 Å². The third-order valence-corrected chi connectivity index (χ3v) is 7.00. The highest BCUT2D eigenvalue weighted by Crippen LogP contribution is 2.46. The van der Waals surface area contributed by atoms with Gasteiger partial charge in [-0.3, -0.25) is 4.90 Å². The number of likely N-dealkylation sites (tertiary alicyclic amines) is 1. The smallest absolute Gasteiger partial charge is 0.232 e. The maximum Gasteiger partial charge on any atom is 0.232 e. The Balaban J connectivity index is 1.04. The van der Waals surface area contributed by atoms with Crippen molar-refractivity contribution in [3.05, 3.63) is 53.7 Å². The number of para-hydroxylation sites is 1. The Morgan fingerprint density at radius 3 is 2.79 bits per heavy atom. The predicted octanol–water partition coefficient (Wildman–Crippen LogP) is 2.16. The van der Waals surface area contributed by atoms with Crippen LogP contribution in [0.2, 0.25) is 0 Å². The van der Waals surface area contributed by atoms with Crippen LogP contribution in [-0.4, -0.2) is 66.0 Å². The summed E-state index contributed by atoms with van der Waals surface area (Å²) >= 11 is 0. The van der Waals surface area contributed by atoms with Gasteiger partial charge in [-0.05, 0) is 35.6 Å². The van der Waals surface area contributed by atoms with E-state index in [2.05, 4.69) is 32.3 Å². The summed E-state index contributed by atoms with van der Waals surface area (Å²) in [4.78, 5) is 11.3. The third-order valence-electron chi connectivity index (χ3n) is 7.00. The minimum absolute atomic E-state index is 0.455. The maximum absolute atomic E-state index is 11.0. The fourth-order valence-electron chi connectivity index (χ4n) is 5.25. The number of nitrogens with one attached hydrogen (secondary N) is 1. The van der Waals surface area contributed by atoms with E-state index in [1.165, 1.54) is 5.56 Å². The molecule has 3 aliphatic rings. The quantitative estimate of drug-likeness (QED) is 0.569. The molecule has 2 fully saturated rings. The first kappa shape index (κ1) is 20.7. The van der Waals surface area contributed by atoms with E-state index in [4.69, 9.17) is 14.2 Å². The number of methoxy groups -OCH3 is 1. The van der Waals surface area contributed by atoms with Crippen molar-refractivity contribution >= 4 is 11.0 Å². The zero-order valence-electron chi connectivity index (χ0n) is 18.6. The average Bonchev–Trinajstić information content (AvgIpc) is 3.31. The molecule has 33 heavy (non-hydrogen) atoms. The normalized spacial score (nSPS) is 24.5. The molecular formula is C25H28N4O4. The Bertz CT molecular complexity index is 1160. The van der Waals surface area contributed by atoms with Gasteiger partial charge in [0.15, 0.2) is 11.5 Å².